The number of aliphatic hydroxyl groups is 1. The molecule has 0 spiro atoms. The van der Waals surface area contributed by atoms with Crippen molar-refractivity contribution in [2.24, 2.45) is 11.8 Å². The van der Waals surface area contributed by atoms with E-state index in [1.54, 1.807) is 0 Å². The van der Waals surface area contributed by atoms with Crippen molar-refractivity contribution < 1.29 is 15.0 Å². The maximum atomic E-state index is 11.0. The van der Waals surface area contributed by atoms with E-state index in [0.717, 1.165) is 11.3 Å². The van der Waals surface area contributed by atoms with Crippen LogP contribution in [0.15, 0.2) is 42.9 Å². The van der Waals surface area contributed by atoms with Gasteiger partial charge in [0.15, 0.2) is 0 Å². The number of fused-ring (bicyclic) bond motifs is 1. The molecule has 0 bridgehead atoms. The first kappa shape index (κ1) is 16.1. The van der Waals surface area contributed by atoms with Crippen LogP contribution < -0.4 is 0 Å². The maximum Gasteiger partial charge on any atom is 0.306 e. The average Bonchev–Trinajstić information content (AvgIpc) is 3.10. The minimum atomic E-state index is -0.748. The lowest BCUT2D eigenvalue weighted by atomic mass is 9.70. The third-order valence-electron chi connectivity index (χ3n) is 5.74. The molecule has 0 saturated heterocycles. The van der Waals surface area contributed by atoms with Gasteiger partial charge in [0.25, 0.3) is 0 Å². The highest BCUT2D eigenvalue weighted by Crippen LogP contribution is 2.46. The number of aliphatic hydroxyl groups excluding tert-OH is 1. The monoisotopic (exact) mass is 338 g/mol. The fourth-order valence-electron chi connectivity index (χ4n) is 4.23. The van der Waals surface area contributed by atoms with Crippen LogP contribution in [0, 0.1) is 11.8 Å². The number of imidazole rings is 1. The van der Waals surface area contributed by atoms with E-state index in [0.29, 0.717) is 19.3 Å². The van der Waals surface area contributed by atoms with Gasteiger partial charge in [0.1, 0.15) is 0 Å². The van der Waals surface area contributed by atoms with Crippen LogP contribution in [0.25, 0.3) is 11.1 Å². The van der Waals surface area contributed by atoms with Crippen molar-refractivity contribution >= 4 is 17.1 Å². The quantitative estimate of drug-likeness (QED) is 0.878. The second-order valence-corrected chi connectivity index (χ2v) is 7.18. The van der Waals surface area contributed by atoms with Crippen molar-refractivity contribution in [1.29, 1.82) is 0 Å². The number of carboxylic acid groups (broad SMARTS) is 1. The highest BCUT2D eigenvalue weighted by molar-refractivity contribution is 5.93. The van der Waals surface area contributed by atoms with Gasteiger partial charge in [-0.25, -0.2) is 4.98 Å². The highest BCUT2D eigenvalue weighted by Gasteiger charge is 2.41. The van der Waals surface area contributed by atoms with Gasteiger partial charge in [-0.2, -0.15) is 0 Å². The summed E-state index contributed by atoms with van der Waals surface area (Å²) in [7, 11) is 0. The summed E-state index contributed by atoms with van der Waals surface area (Å²) in [5.74, 6) is -0.967. The number of benzene rings is 1. The topological polar surface area (TPSA) is 75.3 Å². The molecule has 1 aliphatic heterocycles. The van der Waals surface area contributed by atoms with Crippen LogP contribution in [0.1, 0.15) is 43.5 Å². The Labute approximate surface area is 146 Å². The molecular weight excluding hydrogens is 316 g/mol. The molecule has 1 aromatic heterocycles. The molecule has 2 atom stereocenters. The van der Waals surface area contributed by atoms with Gasteiger partial charge in [0, 0.05) is 0 Å². The summed E-state index contributed by atoms with van der Waals surface area (Å²) in [6, 6.07) is 10.3. The van der Waals surface area contributed by atoms with Gasteiger partial charge < -0.3 is 14.8 Å². The van der Waals surface area contributed by atoms with Crippen LogP contribution in [-0.4, -0.2) is 31.8 Å². The molecule has 2 heterocycles. The molecule has 25 heavy (non-hydrogen) atoms. The molecule has 5 nitrogen and oxygen atoms in total. The first-order valence-electron chi connectivity index (χ1n) is 8.75. The minimum absolute atomic E-state index is 0.0405. The second kappa shape index (κ2) is 6.15. The smallest absolute Gasteiger partial charge is 0.306 e. The van der Waals surface area contributed by atoms with Crippen molar-refractivity contribution in [1.82, 2.24) is 9.55 Å². The molecular formula is C20H22N2O3. The number of aliphatic carboxylic acids is 1. The molecule has 2 aromatic rings. The van der Waals surface area contributed by atoms with E-state index in [9.17, 15) is 9.90 Å². The third kappa shape index (κ3) is 2.68. The van der Waals surface area contributed by atoms with E-state index >= 15 is 0 Å². The van der Waals surface area contributed by atoms with Gasteiger partial charge in [-0.15, -0.1) is 0 Å². The second-order valence-electron chi connectivity index (χ2n) is 7.18. The Bertz CT molecular complexity index is 818. The molecule has 0 amide bonds. The number of allylic oxidation sites excluding steroid dienone is 2. The SMILES string of the molecule is CC1=C(c2ccccc2)C(CC(O)C2CC(C(=O)O)C2)n2cncc21. The van der Waals surface area contributed by atoms with Gasteiger partial charge in [-0.05, 0) is 48.8 Å². The first-order chi connectivity index (χ1) is 12.1. The minimum Gasteiger partial charge on any atom is -0.481 e. The summed E-state index contributed by atoms with van der Waals surface area (Å²) in [6.07, 6.45) is 4.93. The fourth-order valence-corrected chi connectivity index (χ4v) is 4.23. The standard InChI is InChI=1S/C20H22N2O3/c1-12-17-10-21-11-22(17)16(19(12)13-5-3-2-4-6-13)9-18(23)14-7-15(8-14)20(24)25/h2-6,10-11,14-16,18,23H,7-9H2,1H3,(H,24,25). The lowest BCUT2D eigenvalue weighted by molar-refractivity contribution is -0.148. The lowest BCUT2D eigenvalue weighted by Crippen LogP contribution is -2.38. The largest absolute Gasteiger partial charge is 0.481 e. The number of hydrogen-bond acceptors (Lipinski definition) is 3. The van der Waals surface area contributed by atoms with E-state index in [4.69, 9.17) is 5.11 Å². The lowest BCUT2D eigenvalue weighted by Gasteiger charge is -2.37. The zero-order chi connectivity index (χ0) is 17.6. The Hall–Kier alpha value is -2.40. The summed E-state index contributed by atoms with van der Waals surface area (Å²) in [4.78, 5) is 15.3. The maximum absolute atomic E-state index is 11.0. The number of carboxylic acids is 1. The molecule has 1 saturated carbocycles. The molecule has 1 aliphatic carbocycles. The van der Waals surface area contributed by atoms with E-state index < -0.39 is 12.1 Å². The van der Waals surface area contributed by atoms with Crippen LogP contribution in [0.3, 0.4) is 0 Å². The number of nitrogens with zero attached hydrogens (tertiary/aromatic N) is 2. The summed E-state index contributed by atoms with van der Waals surface area (Å²) < 4.78 is 2.13. The van der Waals surface area contributed by atoms with Gasteiger partial charge in [0.05, 0.1) is 36.3 Å². The fraction of sp³-hybridized carbons (Fsp3) is 0.400. The summed E-state index contributed by atoms with van der Waals surface area (Å²) in [5, 5.41) is 19.7. The predicted octanol–water partition coefficient (Wildman–Crippen LogP) is 3.23. The van der Waals surface area contributed by atoms with Gasteiger partial charge >= 0.3 is 5.97 Å². The molecule has 5 heteroatoms. The summed E-state index contributed by atoms with van der Waals surface area (Å²) in [5.41, 5.74) is 4.68. The van der Waals surface area contributed by atoms with Crippen molar-refractivity contribution in [2.45, 2.75) is 38.3 Å². The van der Waals surface area contributed by atoms with E-state index in [1.807, 2.05) is 30.7 Å². The normalized spacial score (nSPS) is 26.2. The van der Waals surface area contributed by atoms with Crippen molar-refractivity contribution in [3.8, 4) is 0 Å². The highest BCUT2D eigenvalue weighted by atomic mass is 16.4. The molecule has 1 fully saturated rings. The number of hydrogen-bond donors (Lipinski definition) is 2. The molecule has 2 unspecified atom stereocenters. The Balaban J connectivity index is 1.58. The van der Waals surface area contributed by atoms with Crippen molar-refractivity contribution in [3.63, 3.8) is 0 Å². The zero-order valence-corrected chi connectivity index (χ0v) is 14.2. The number of rotatable bonds is 5. The van der Waals surface area contributed by atoms with Gasteiger partial charge in [-0.3, -0.25) is 4.79 Å². The Morgan fingerprint density at radius 1 is 1.32 bits per heavy atom. The number of aromatic nitrogens is 2. The zero-order valence-electron chi connectivity index (χ0n) is 14.2. The van der Waals surface area contributed by atoms with Crippen LogP contribution in [-0.2, 0) is 4.79 Å². The van der Waals surface area contributed by atoms with Gasteiger partial charge in [-0.1, -0.05) is 30.3 Å². The molecule has 130 valence electrons. The number of carbonyl (C=O) groups is 1. The van der Waals surface area contributed by atoms with Crippen LogP contribution in [0.2, 0.25) is 0 Å². The molecule has 1 aromatic carbocycles. The van der Waals surface area contributed by atoms with Gasteiger partial charge in [0.2, 0.25) is 0 Å². The predicted molar refractivity (Wildman–Crippen MR) is 94.7 cm³/mol. The summed E-state index contributed by atoms with van der Waals surface area (Å²) >= 11 is 0. The third-order valence-corrected chi connectivity index (χ3v) is 5.74. The molecule has 2 aliphatic rings. The Morgan fingerprint density at radius 2 is 2.04 bits per heavy atom. The van der Waals surface area contributed by atoms with E-state index in [2.05, 4.69) is 28.6 Å². The van der Waals surface area contributed by atoms with Crippen LogP contribution >= 0.6 is 0 Å². The van der Waals surface area contributed by atoms with Crippen molar-refractivity contribution in [2.75, 3.05) is 0 Å². The molecule has 2 N–H and O–H groups in total. The van der Waals surface area contributed by atoms with E-state index in [-0.39, 0.29) is 17.9 Å². The molecule has 4 rings (SSSR count). The van der Waals surface area contributed by atoms with Crippen LogP contribution in [0.5, 0.6) is 0 Å². The average molecular weight is 338 g/mol. The van der Waals surface area contributed by atoms with E-state index in [1.165, 1.54) is 11.1 Å². The Morgan fingerprint density at radius 3 is 2.72 bits per heavy atom. The molecule has 0 radical (unpaired) electrons. The first-order valence-corrected chi connectivity index (χ1v) is 8.75. The Kier molecular flexibility index (Phi) is 3.96. The van der Waals surface area contributed by atoms with Crippen LogP contribution in [0.4, 0.5) is 0 Å². The summed E-state index contributed by atoms with van der Waals surface area (Å²) in [6.45, 7) is 2.10. The van der Waals surface area contributed by atoms with Crippen molar-refractivity contribution in [3.05, 3.63) is 54.1 Å².